The van der Waals surface area contributed by atoms with Gasteiger partial charge in [-0.25, -0.2) is 4.79 Å². The van der Waals surface area contributed by atoms with E-state index in [2.05, 4.69) is 0 Å². The number of aliphatic hydroxyl groups is 1. The van der Waals surface area contributed by atoms with Crippen LogP contribution in [0.15, 0.2) is 12.1 Å². The lowest BCUT2D eigenvalue weighted by Crippen LogP contribution is -2.37. The van der Waals surface area contributed by atoms with E-state index in [0.29, 0.717) is 37.2 Å². The zero-order valence-corrected chi connectivity index (χ0v) is 12.0. The molecule has 0 aliphatic carbocycles. The molecule has 1 aliphatic heterocycles. The van der Waals surface area contributed by atoms with Crippen molar-refractivity contribution in [3.63, 3.8) is 0 Å². The molecule has 1 fully saturated rings. The Hall–Kier alpha value is -2.15. The van der Waals surface area contributed by atoms with Gasteiger partial charge in [0.05, 0.1) is 29.4 Å². The molecule has 7 nitrogen and oxygen atoms in total. The second-order valence-electron chi connectivity index (χ2n) is 5.13. The van der Waals surface area contributed by atoms with Crippen LogP contribution in [0.1, 0.15) is 28.8 Å². The van der Waals surface area contributed by atoms with E-state index < -0.39 is 10.9 Å². The summed E-state index contributed by atoms with van der Waals surface area (Å²) in [5.74, 6) is -0.595. The van der Waals surface area contributed by atoms with Crippen molar-refractivity contribution in [2.45, 2.75) is 25.9 Å². The largest absolute Gasteiger partial charge is 0.465 e. The van der Waals surface area contributed by atoms with Gasteiger partial charge in [0.2, 0.25) is 0 Å². The van der Waals surface area contributed by atoms with Crippen LogP contribution in [0.2, 0.25) is 0 Å². The zero-order chi connectivity index (χ0) is 15.6. The molecule has 1 aromatic rings. The van der Waals surface area contributed by atoms with Crippen molar-refractivity contribution in [2.75, 3.05) is 25.1 Å². The van der Waals surface area contributed by atoms with E-state index in [1.807, 2.05) is 4.90 Å². The quantitative estimate of drug-likeness (QED) is 0.517. The smallest absolute Gasteiger partial charge is 0.340 e. The number of carbonyl (C=O) groups excluding carboxylic acids is 1. The molecule has 0 aromatic heterocycles. The molecule has 1 aliphatic rings. The number of aryl methyl sites for hydroxylation is 1. The maximum atomic E-state index is 11.9. The first-order valence-corrected chi connectivity index (χ1v) is 6.74. The lowest BCUT2D eigenvalue weighted by Gasteiger charge is -2.33. The number of rotatable bonds is 3. The van der Waals surface area contributed by atoms with Gasteiger partial charge in [-0.3, -0.25) is 10.1 Å². The third kappa shape index (κ3) is 3.13. The van der Waals surface area contributed by atoms with Crippen LogP contribution in [0.5, 0.6) is 0 Å². The highest BCUT2D eigenvalue weighted by molar-refractivity contribution is 5.97. The van der Waals surface area contributed by atoms with Gasteiger partial charge in [-0.2, -0.15) is 0 Å². The minimum atomic E-state index is -0.595. The van der Waals surface area contributed by atoms with E-state index in [4.69, 9.17) is 4.74 Å². The first-order chi connectivity index (χ1) is 9.93. The van der Waals surface area contributed by atoms with Gasteiger partial charge < -0.3 is 14.7 Å². The highest BCUT2D eigenvalue weighted by atomic mass is 16.6. The number of methoxy groups -OCH3 is 1. The van der Waals surface area contributed by atoms with Gasteiger partial charge >= 0.3 is 5.97 Å². The fourth-order valence-corrected chi connectivity index (χ4v) is 2.64. The van der Waals surface area contributed by atoms with Crippen molar-refractivity contribution in [2.24, 2.45) is 0 Å². The molecule has 1 saturated heterocycles. The summed E-state index contributed by atoms with van der Waals surface area (Å²) in [6, 6.07) is 2.70. The Balaban J connectivity index is 2.48. The normalized spacial score (nSPS) is 15.9. The Kier molecular flexibility index (Phi) is 4.42. The minimum absolute atomic E-state index is 0.131. The van der Waals surface area contributed by atoms with Crippen LogP contribution in [0.3, 0.4) is 0 Å². The van der Waals surface area contributed by atoms with Gasteiger partial charge in [-0.05, 0) is 25.3 Å². The molecule has 7 heteroatoms. The first kappa shape index (κ1) is 15.2. The van der Waals surface area contributed by atoms with E-state index >= 15 is 0 Å². The molecule has 21 heavy (non-hydrogen) atoms. The molecule has 0 spiro atoms. The third-order valence-electron chi connectivity index (χ3n) is 3.68. The molecule has 2 rings (SSSR count). The molecule has 0 amide bonds. The summed E-state index contributed by atoms with van der Waals surface area (Å²) in [7, 11) is 1.25. The number of carbonyl (C=O) groups is 1. The summed E-state index contributed by atoms with van der Waals surface area (Å²) in [5.41, 5.74) is 1.37. The van der Waals surface area contributed by atoms with Crippen molar-refractivity contribution in [3.05, 3.63) is 33.4 Å². The first-order valence-electron chi connectivity index (χ1n) is 6.74. The number of piperidine rings is 1. The summed E-state index contributed by atoms with van der Waals surface area (Å²) < 4.78 is 4.74. The lowest BCUT2D eigenvalue weighted by atomic mass is 10.0. The maximum Gasteiger partial charge on any atom is 0.340 e. The number of aliphatic hydroxyl groups excluding tert-OH is 1. The van der Waals surface area contributed by atoms with Gasteiger partial charge in [-0.15, -0.1) is 0 Å². The third-order valence-corrected chi connectivity index (χ3v) is 3.68. The number of nitrogens with zero attached hydrogens (tertiary/aromatic N) is 2. The van der Waals surface area contributed by atoms with E-state index in [1.165, 1.54) is 19.2 Å². The maximum absolute atomic E-state index is 11.9. The average Bonchev–Trinajstić information content (AvgIpc) is 2.46. The number of esters is 1. The van der Waals surface area contributed by atoms with Gasteiger partial charge in [0, 0.05) is 25.2 Å². The summed E-state index contributed by atoms with van der Waals surface area (Å²) >= 11 is 0. The molecule has 114 valence electrons. The second kappa shape index (κ2) is 6.09. The number of hydrogen-bond acceptors (Lipinski definition) is 6. The number of non-ortho nitro benzene ring substituents is 1. The summed E-state index contributed by atoms with van der Waals surface area (Å²) in [6.45, 7) is 2.94. The summed E-state index contributed by atoms with van der Waals surface area (Å²) in [5, 5.41) is 20.5. The standard InChI is InChI=1S/C14H18N2O5/c1-9-7-10(16(19)20)8-12(14(18)21-2)13(9)15-5-3-11(17)4-6-15/h7-8,11,17H,3-6H2,1-2H3. The summed E-state index contributed by atoms with van der Waals surface area (Å²) in [4.78, 5) is 24.3. The van der Waals surface area contributed by atoms with Crippen LogP contribution in [0.4, 0.5) is 11.4 Å². The number of benzene rings is 1. The topological polar surface area (TPSA) is 92.9 Å². The van der Waals surface area contributed by atoms with Crippen LogP contribution < -0.4 is 4.90 Å². The molecular formula is C14H18N2O5. The van der Waals surface area contributed by atoms with Crippen LogP contribution in [0.25, 0.3) is 0 Å². The van der Waals surface area contributed by atoms with E-state index in [9.17, 15) is 20.0 Å². The highest BCUT2D eigenvalue weighted by Crippen LogP contribution is 2.32. The van der Waals surface area contributed by atoms with Crippen molar-refractivity contribution < 1.29 is 19.6 Å². The van der Waals surface area contributed by atoms with Crippen molar-refractivity contribution in [3.8, 4) is 0 Å². The number of hydrogen-bond donors (Lipinski definition) is 1. The zero-order valence-electron chi connectivity index (χ0n) is 12.0. The molecule has 1 aromatic carbocycles. The Labute approximate surface area is 122 Å². The van der Waals surface area contributed by atoms with Crippen molar-refractivity contribution in [1.29, 1.82) is 0 Å². The van der Waals surface area contributed by atoms with Gasteiger partial charge in [-0.1, -0.05) is 0 Å². The Morgan fingerprint density at radius 1 is 1.43 bits per heavy atom. The van der Waals surface area contributed by atoms with Gasteiger partial charge in [0.15, 0.2) is 0 Å². The second-order valence-corrected chi connectivity index (χ2v) is 5.13. The van der Waals surface area contributed by atoms with E-state index in [-0.39, 0.29) is 17.4 Å². The lowest BCUT2D eigenvalue weighted by molar-refractivity contribution is -0.384. The molecule has 0 unspecified atom stereocenters. The number of nitro benzene ring substituents is 1. The van der Waals surface area contributed by atoms with Crippen LogP contribution in [-0.4, -0.2) is 42.3 Å². The van der Waals surface area contributed by atoms with E-state index in [1.54, 1.807) is 6.92 Å². The fraction of sp³-hybridized carbons (Fsp3) is 0.500. The Bertz CT molecular complexity index is 565. The molecule has 1 N–H and O–H groups in total. The highest BCUT2D eigenvalue weighted by Gasteiger charge is 2.26. The molecule has 0 atom stereocenters. The predicted molar refractivity (Wildman–Crippen MR) is 76.6 cm³/mol. The number of anilines is 1. The number of nitro groups is 1. The number of ether oxygens (including phenoxy) is 1. The minimum Gasteiger partial charge on any atom is -0.465 e. The van der Waals surface area contributed by atoms with Crippen molar-refractivity contribution >= 4 is 17.3 Å². The molecular weight excluding hydrogens is 276 g/mol. The SMILES string of the molecule is COC(=O)c1cc([N+](=O)[O-])cc(C)c1N1CCC(O)CC1. The van der Waals surface area contributed by atoms with Crippen LogP contribution in [-0.2, 0) is 4.74 Å². The Morgan fingerprint density at radius 3 is 2.57 bits per heavy atom. The molecule has 1 heterocycles. The molecule has 0 radical (unpaired) electrons. The van der Waals surface area contributed by atoms with Gasteiger partial charge in [0.25, 0.3) is 5.69 Å². The Morgan fingerprint density at radius 2 is 2.05 bits per heavy atom. The van der Waals surface area contributed by atoms with Crippen LogP contribution >= 0.6 is 0 Å². The van der Waals surface area contributed by atoms with E-state index in [0.717, 1.165) is 0 Å². The fourth-order valence-electron chi connectivity index (χ4n) is 2.64. The monoisotopic (exact) mass is 294 g/mol. The predicted octanol–water partition coefficient (Wildman–Crippen LogP) is 1.65. The molecule has 0 bridgehead atoms. The van der Waals surface area contributed by atoms with Crippen LogP contribution in [0, 0.1) is 17.0 Å². The van der Waals surface area contributed by atoms with Crippen molar-refractivity contribution in [1.82, 2.24) is 0 Å². The van der Waals surface area contributed by atoms with Gasteiger partial charge in [0.1, 0.15) is 0 Å². The summed E-state index contributed by atoms with van der Waals surface area (Å²) in [6.07, 6.45) is 0.884. The average molecular weight is 294 g/mol. The molecule has 0 saturated carbocycles.